The van der Waals surface area contributed by atoms with E-state index in [1.54, 1.807) is 23.4 Å². The molecule has 1 aromatic carbocycles. The zero-order valence-electron chi connectivity index (χ0n) is 17.3. The molecule has 32 heavy (non-hydrogen) atoms. The summed E-state index contributed by atoms with van der Waals surface area (Å²) in [6, 6.07) is 16.2. The van der Waals surface area contributed by atoms with Crippen LogP contribution in [0.25, 0.3) is 16.9 Å². The molecule has 9 heteroatoms. The SMILES string of the molecule is O=C(c1cnn(-c2ccccc2)n1)N1CCCC1Cn1nc(-c2cccnc2)ccc1=O. The van der Waals surface area contributed by atoms with E-state index in [9.17, 15) is 9.59 Å². The summed E-state index contributed by atoms with van der Waals surface area (Å²) in [5, 5.41) is 13.1. The maximum atomic E-state index is 13.2. The van der Waals surface area contributed by atoms with Gasteiger partial charge in [-0.2, -0.15) is 15.0 Å². The van der Waals surface area contributed by atoms with Gasteiger partial charge in [-0.3, -0.25) is 14.6 Å². The fourth-order valence-electron chi connectivity index (χ4n) is 3.93. The van der Waals surface area contributed by atoms with Gasteiger partial charge in [0.2, 0.25) is 0 Å². The third-order valence-corrected chi connectivity index (χ3v) is 5.54. The number of rotatable bonds is 5. The normalized spacial score (nSPS) is 15.8. The van der Waals surface area contributed by atoms with Gasteiger partial charge in [0, 0.05) is 30.6 Å². The number of para-hydroxylation sites is 1. The number of pyridine rings is 1. The molecular weight excluding hydrogens is 406 g/mol. The minimum atomic E-state index is -0.202. The smallest absolute Gasteiger partial charge is 0.276 e. The topological polar surface area (TPSA) is 98.8 Å². The number of aromatic nitrogens is 6. The minimum Gasteiger partial charge on any atom is -0.332 e. The Morgan fingerprint density at radius 2 is 1.88 bits per heavy atom. The van der Waals surface area contributed by atoms with Crippen molar-refractivity contribution < 1.29 is 4.79 Å². The Balaban J connectivity index is 1.36. The van der Waals surface area contributed by atoms with E-state index < -0.39 is 0 Å². The molecular formula is C23H21N7O2. The molecule has 5 rings (SSSR count). The molecule has 1 amide bonds. The number of likely N-dealkylation sites (tertiary alicyclic amines) is 1. The molecule has 0 radical (unpaired) electrons. The summed E-state index contributed by atoms with van der Waals surface area (Å²) in [6.07, 6.45) is 6.54. The van der Waals surface area contributed by atoms with Gasteiger partial charge in [0.05, 0.1) is 30.2 Å². The fourth-order valence-corrected chi connectivity index (χ4v) is 3.93. The highest BCUT2D eigenvalue weighted by molar-refractivity contribution is 5.92. The van der Waals surface area contributed by atoms with Crippen molar-refractivity contribution in [2.75, 3.05) is 6.54 Å². The first-order valence-corrected chi connectivity index (χ1v) is 10.5. The molecule has 1 atom stereocenters. The number of carbonyl (C=O) groups excluding carboxylic acids is 1. The molecule has 160 valence electrons. The molecule has 0 aliphatic carbocycles. The van der Waals surface area contributed by atoms with Gasteiger partial charge in [-0.15, -0.1) is 5.10 Å². The highest BCUT2D eigenvalue weighted by atomic mass is 16.2. The van der Waals surface area contributed by atoms with Gasteiger partial charge in [-0.05, 0) is 43.2 Å². The highest BCUT2D eigenvalue weighted by Gasteiger charge is 2.31. The molecule has 4 aromatic rings. The summed E-state index contributed by atoms with van der Waals surface area (Å²) < 4.78 is 1.43. The molecule has 1 aliphatic rings. The number of benzene rings is 1. The Kier molecular flexibility index (Phi) is 5.29. The van der Waals surface area contributed by atoms with Crippen molar-refractivity contribution in [1.29, 1.82) is 0 Å². The number of nitrogens with zero attached hydrogens (tertiary/aromatic N) is 7. The first-order chi connectivity index (χ1) is 15.7. The van der Waals surface area contributed by atoms with Gasteiger partial charge in [0.1, 0.15) is 0 Å². The van der Waals surface area contributed by atoms with E-state index in [1.165, 1.54) is 21.7 Å². The summed E-state index contributed by atoms with van der Waals surface area (Å²) in [6.45, 7) is 0.935. The van der Waals surface area contributed by atoms with Crippen molar-refractivity contribution in [2.24, 2.45) is 0 Å². The zero-order chi connectivity index (χ0) is 21.9. The Morgan fingerprint density at radius 1 is 1.00 bits per heavy atom. The molecule has 0 spiro atoms. The van der Waals surface area contributed by atoms with E-state index in [0.29, 0.717) is 18.8 Å². The van der Waals surface area contributed by atoms with E-state index in [1.807, 2.05) is 42.5 Å². The molecule has 0 bridgehead atoms. The average Bonchev–Trinajstić information content (AvgIpc) is 3.51. The molecule has 1 saturated heterocycles. The number of amides is 1. The molecule has 1 aliphatic heterocycles. The van der Waals surface area contributed by atoms with Gasteiger partial charge < -0.3 is 4.90 Å². The number of hydrogen-bond acceptors (Lipinski definition) is 6. The van der Waals surface area contributed by atoms with Crippen molar-refractivity contribution in [1.82, 2.24) is 34.7 Å². The Hall–Kier alpha value is -4.14. The summed E-state index contributed by atoms with van der Waals surface area (Å²) in [5.41, 5.74) is 2.36. The van der Waals surface area contributed by atoms with Crippen molar-refractivity contribution in [3.8, 4) is 16.9 Å². The summed E-state index contributed by atoms with van der Waals surface area (Å²) >= 11 is 0. The van der Waals surface area contributed by atoms with Crippen molar-refractivity contribution in [3.05, 3.63) is 89.2 Å². The summed E-state index contributed by atoms with van der Waals surface area (Å²) in [5.74, 6) is -0.189. The number of hydrogen-bond donors (Lipinski definition) is 0. The van der Waals surface area contributed by atoms with E-state index in [2.05, 4.69) is 20.3 Å². The van der Waals surface area contributed by atoms with Crippen LogP contribution in [0.15, 0.2) is 78.0 Å². The first-order valence-electron chi connectivity index (χ1n) is 10.5. The van der Waals surface area contributed by atoms with Gasteiger partial charge in [0.25, 0.3) is 11.5 Å². The average molecular weight is 427 g/mol. The molecule has 1 unspecified atom stereocenters. The van der Waals surface area contributed by atoms with Crippen LogP contribution in [0.4, 0.5) is 0 Å². The second kappa shape index (κ2) is 8.54. The quantitative estimate of drug-likeness (QED) is 0.484. The van der Waals surface area contributed by atoms with Crippen LogP contribution in [0.5, 0.6) is 0 Å². The largest absolute Gasteiger partial charge is 0.332 e. The summed E-state index contributed by atoms with van der Waals surface area (Å²) in [7, 11) is 0. The van der Waals surface area contributed by atoms with Gasteiger partial charge >= 0.3 is 0 Å². The molecule has 3 aromatic heterocycles. The fraction of sp³-hybridized carbons (Fsp3) is 0.217. The third-order valence-electron chi connectivity index (χ3n) is 5.54. The molecule has 0 N–H and O–H groups in total. The maximum Gasteiger partial charge on any atom is 0.276 e. The zero-order valence-corrected chi connectivity index (χ0v) is 17.3. The third kappa shape index (κ3) is 3.92. The van der Waals surface area contributed by atoms with Crippen LogP contribution < -0.4 is 5.56 Å². The van der Waals surface area contributed by atoms with Crippen LogP contribution in [0.1, 0.15) is 23.3 Å². The van der Waals surface area contributed by atoms with Crippen LogP contribution in [0.3, 0.4) is 0 Å². The van der Waals surface area contributed by atoms with Crippen LogP contribution >= 0.6 is 0 Å². The summed E-state index contributed by atoms with van der Waals surface area (Å²) in [4.78, 5) is 32.9. The van der Waals surface area contributed by atoms with Crippen molar-refractivity contribution in [3.63, 3.8) is 0 Å². The van der Waals surface area contributed by atoms with E-state index in [-0.39, 0.29) is 23.2 Å². The van der Waals surface area contributed by atoms with E-state index >= 15 is 0 Å². The predicted molar refractivity (Wildman–Crippen MR) is 117 cm³/mol. The van der Waals surface area contributed by atoms with Crippen LogP contribution in [0.2, 0.25) is 0 Å². The Bertz CT molecular complexity index is 1280. The van der Waals surface area contributed by atoms with Crippen LogP contribution in [0, 0.1) is 0 Å². The van der Waals surface area contributed by atoms with Crippen LogP contribution in [-0.4, -0.2) is 53.2 Å². The first kappa shape index (κ1) is 19.8. The monoisotopic (exact) mass is 427 g/mol. The lowest BCUT2D eigenvalue weighted by Crippen LogP contribution is -2.40. The van der Waals surface area contributed by atoms with E-state index in [4.69, 9.17) is 0 Å². The predicted octanol–water partition coefficient (Wildman–Crippen LogP) is 2.19. The second-order valence-electron chi connectivity index (χ2n) is 7.63. The molecule has 0 saturated carbocycles. The second-order valence-corrected chi connectivity index (χ2v) is 7.63. The lowest BCUT2D eigenvalue weighted by Gasteiger charge is -2.24. The Labute approximate surface area is 184 Å². The molecule has 1 fully saturated rings. The highest BCUT2D eigenvalue weighted by Crippen LogP contribution is 2.21. The van der Waals surface area contributed by atoms with Crippen molar-refractivity contribution >= 4 is 5.91 Å². The molecule has 9 nitrogen and oxygen atoms in total. The lowest BCUT2D eigenvalue weighted by atomic mass is 10.2. The van der Waals surface area contributed by atoms with Gasteiger partial charge in [0.15, 0.2) is 5.69 Å². The van der Waals surface area contributed by atoms with Crippen LogP contribution in [-0.2, 0) is 6.54 Å². The van der Waals surface area contributed by atoms with Gasteiger partial charge in [-0.1, -0.05) is 18.2 Å². The minimum absolute atomic E-state index is 0.140. The standard InChI is InChI=1S/C23H21N7O2/c31-22-11-10-20(17-6-4-12-24-14-17)26-29(22)16-19-9-5-13-28(19)23(32)21-15-25-30(27-21)18-7-2-1-3-8-18/h1-4,6-8,10-12,14-15,19H,5,9,13,16H2. The van der Waals surface area contributed by atoms with E-state index in [0.717, 1.165) is 24.1 Å². The lowest BCUT2D eigenvalue weighted by molar-refractivity contribution is 0.0714. The van der Waals surface area contributed by atoms with Gasteiger partial charge in [-0.25, -0.2) is 4.68 Å². The van der Waals surface area contributed by atoms with Crippen molar-refractivity contribution in [2.45, 2.75) is 25.4 Å². The number of carbonyl (C=O) groups is 1. The maximum absolute atomic E-state index is 13.2. The Morgan fingerprint density at radius 3 is 2.69 bits per heavy atom. The molecule has 4 heterocycles.